The van der Waals surface area contributed by atoms with Crippen LogP contribution in [0.25, 0.3) is 0 Å². The lowest BCUT2D eigenvalue weighted by atomic mass is 9.75. The summed E-state index contributed by atoms with van der Waals surface area (Å²) in [6, 6.07) is 4.36. The largest absolute Gasteiger partial charge is 0.296 e. The van der Waals surface area contributed by atoms with E-state index in [2.05, 4.69) is 21.2 Å². The minimum atomic E-state index is -0.362. The molecule has 2 amide bonds. The molecule has 2 atom stereocenters. The van der Waals surface area contributed by atoms with Crippen LogP contribution in [0.4, 0.5) is 4.39 Å². The van der Waals surface area contributed by atoms with Crippen LogP contribution in [0.3, 0.4) is 0 Å². The quantitative estimate of drug-likeness (QED) is 0.849. The molecule has 1 aliphatic heterocycles. The maximum atomic E-state index is 13.4. The van der Waals surface area contributed by atoms with Crippen LogP contribution < -0.4 is 5.32 Å². The van der Waals surface area contributed by atoms with Crippen molar-refractivity contribution in [3.63, 3.8) is 0 Å². The average Bonchev–Trinajstić information content (AvgIpc) is 2.30. The predicted octanol–water partition coefficient (Wildman–Crippen LogP) is 2.99. The van der Waals surface area contributed by atoms with Gasteiger partial charge in [0.1, 0.15) is 5.82 Å². The summed E-state index contributed by atoms with van der Waals surface area (Å²) in [6.07, 6.45) is 0.205. The fourth-order valence-corrected chi connectivity index (χ4v) is 3.19. The lowest BCUT2D eigenvalue weighted by Crippen LogP contribution is -2.46. The molecule has 1 saturated heterocycles. The van der Waals surface area contributed by atoms with Gasteiger partial charge in [0.15, 0.2) is 0 Å². The standard InChI is InChI=1S/C14H15BrFNO2/c1-7(2)13-10(6-12(18)17-14(13)19)9-5-8(16)3-4-11(9)15/h3-5,7,10,13H,6H2,1-2H3,(H,17,18,19). The van der Waals surface area contributed by atoms with Crippen molar-refractivity contribution in [3.8, 4) is 0 Å². The number of rotatable bonds is 2. The van der Waals surface area contributed by atoms with Gasteiger partial charge in [-0.25, -0.2) is 4.39 Å². The van der Waals surface area contributed by atoms with E-state index in [-0.39, 0.29) is 41.8 Å². The molecule has 0 aromatic heterocycles. The van der Waals surface area contributed by atoms with Crippen LogP contribution in [0.5, 0.6) is 0 Å². The van der Waals surface area contributed by atoms with Gasteiger partial charge < -0.3 is 0 Å². The number of hydrogen-bond donors (Lipinski definition) is 1. The van der Waals surface area contributed by atoms with Crippen LogP contribution >= 0.6 is 15.9 Å². The van der Waals surface area contributed by atoms with E-state index in [0.717, 1.165) is 4.47 Å². The molecule has 0 bridgehead atoms. The predicted molar refractivity (Wildman–Crippen MR) is 72.9 cm³/mol. The third-order valence-electron chi connectivity index (χ3n) is 3.48. The van der Waals surface area contributed by atoms with E-state index >= 15 is 0 Å². The minimum absolute atomic E-state index is 0.0771. The van der Waals surface area contributed by atoms with Gasteiger partial charge >= 0.3 is 0 Å². The van der Waals surface area contributed by atoms with E-state index < -0.39 is 0 Å². The van der Waals surface area contributed by atoms with Crippen molar-refractivity contribution in [3.05, 3.63) is 34.1 Å². The summed E-state index contributed by atoms with van der Waals surface area (Å²) in [4.78, 5) is 23.6. The van der Waals surface area contributed by atoms with Crippen molar-refractivity contribution < 1.29 is 14.0 Å². The SMILES string of the molecule is CC(C)C1C(=O)NC(=O)CC1c1cc(F)ccc1Br. The van der Waals surface area contributed by atoms with E-state index in [9.17, 15) is 14.0 Å². The van der Waals surface area contributed by atoms with Crippen LogP contribution in [0, 0.1) is 17.7 Å². The summed E-state index contributed by atoms with van der Waals surface area (Å²) < 4.78 is 14.1. The van der Waals surface area contributed by atoms with Gasteiger partial charge in [0.25, 0.3) is 0 Å². The first kappa shape index (κ1) is 14.2. The number of piperidine rings is 1. The summed E-state index contributed by atoms with van der Waals surface area (Å²) in [5.74, 6) is -1.47. The molecule has 0 aliphatic carbocycles. The molecule has 3 nitrogen and oxygen atoms in total. The molecule has 2 rings (SSSR count). The highest BCUT2D eigenvalue weighted by Crippen LogP contribution is 2.39. The number of carbonyl (C=O) groups excluding carboxylic acids is 2. The monoisotopic (exact) mass is 327 g/mol. The van der Waals surface area contributed by atoms with Crippen LogP contribution in [-0.4, -0.2) is 11.8 Å². The number of hydrogen-bond acceptors (Lipinski definition) is 2. The van der Waals surface area contributed by atoms with Crippen molar-refractivity contribution in [1.82, 2.24) is 5.32 Å². The van der Waals surface area contributed by atoms with E-state index in [1.807, 2.05) is 13.8 Å². The number of benzene rings is 1. The second kappa shape index (κ2) is 5.41. The van der Waals surface area contributed by atoms with E-state index in [1.54, 1.807) is 6.07 Å². The molecule has 1 aliphatic rings. The Morgan fingerprint density at radius 1 is 1.37 bits per heavy atom. The van der Waals surface area contributed by atoms with Crippen LogP contribution in [0.2, 0.25) is 0 Å². The lowest BCUT2D eigenvalue weighted by molar-refractivity contribution is -0.138. The molecule has 19 heavy (non-hydrogen) atoms. The molecule has 0 radical (unpaired) electrons. The molecule has 1 aromatic rings. The maximum Gasteiger partial charge on any atom is 0.230 e. The number of carbonyl (C=O) groups is 2. The Balaban J connectivity index is 2.46. The van der Waals surface area contributed by atoms with E-state index in [0.29, 0.717) is 5.56 Å². The van der Waals surface area contributed by atoms with Gasteiger partial charge in [-0.15, -0.1) is 0 Å². The zero-order chi connectivity index (χ0) is 14.2. The number of amides is 2. The Morgan fingerprint density at radius 3 is 2.68 bits per heavy atom. The summed E-state index contributed by atoms with van der Waals surface area (Å²) >= 11 is 3.37. The van der Waals surface area contributed by atoms with Gasteiger partial charge in [-0.3, -0.25) is 14.9 Å². The Labute approximate surface area is 119 Å². The topological polar surface area (TPSA) is 46.2 Å². The fraction of sp³-hybridized carbons (Fsp3) is 0.429. The van der Waals surface area contributed by atoms with Crippen molar-refractivity contribution in [1.29, 1.82) is 0 Å². The third-order valence-corrected chi connectivity index (χ3v) is 4.20. The molecule has 1 heterocycles. The van der Waals surface area contributed by atoms with Gasteiger partial charge in [0, 0.05) is 22.7 Å². The average molecular weight is 328 g/mol. The zero-order valence-corrected chi connectivity index (χ0v) is 12.3. The first-order valence-corrected chi connectivity index (χ1v) is 6.98. The Morgan fingerprint density at radius 2 is 2.05 bits per heavy atom. The van der Waals surface area contributed by atoms with Gasteiger partial charge in [-0.2, -0.15) is 0 Å². The van der Waals surface area contributed by atoms with E-state index in [4.69, 9.17) is 0 Å². The highest BCUT2D eigenvalue weighted by Gasteiger charge is 2.39. The second-order valence-corrected chi connectivity index (χ2v) is 6.01. The highest BCUT2D eigenvalue weighted by molar-refractivity contribution is 9.10. The smallest absolute Gasteiger partial charge is 0.230 e. The normalized spacial score (nSPS) is 23.6. The number of halogens is 2. The molecule has 0 saturated carbocycles. The minimum Gasteiger partial charge on any atom is -0.296 e. The van der Waals surface area contributed by atoms with E-state index in [1.165, 1.54) is 12.1 Å². The molecule has 5 heteroatoms. The first-order chi connectivity index (χ1) is 8.90. The second-order valence-electron chi connectivity index (χ2n) is 5.16. The Hall–Kier alpha value is -1.23. The molecule has 1 aromatic carbocycles. The van der Waals surface area contributed by atoms with Gasteiger partial charge in [0.05, 0.1) is 0 Å². The van der Waals surface area contributed by atoms with Crippen molar-refractivity contribution >= 4 is 27.7 Å². The van der Waals surface area contributed by atoms with Crippen molar-refractivity contribution in [2.75, 3.05) is 0 Å². The molecule has 1 N–H and O–H groups in total. The summed E-state index contributed by atoms with van der Waals surface area (Å²) in [5.41, 5.74) is 0.682. The maximum absolute atomic E-state index is 13.4. The first-order valence-electron chi connectivity index (χ1n) is 6.18. The Bertz CT molecular complexity index is 530. The van der Waals surface area contributed by atoms with Crippen molar-refractivity contribution in [2.24, 2.45) is 11.8 Å². The summed E-state index contributed by atoms with van der Waals surface area (Å²) in [7, 11) is 0. The fourth-order valence-electron chi connectivity index (χ4n) is 2.65. The van der Waals surface area contributed by atoms with Crippen LogP contribution in [0.1, 0.15) is 31.7 Å². The van der Waals surface area contributed by atoms with Crippen LogP contribution in [0.15, 0.2) is 22.7 Å². The van der Waals surface area contributed by atoms with Gasteiger partial charge in [0.2, 0.25) is 11.8 Å². The Kier molecular flexibility index (Phi) is 4.04. The molecular formula is C14H15BrFNO2. The molecule has 0 spiro atoms. The number of nitrogens with one attached hydrogen (secondary N) is 1. The van der Waals surface area contributed by atoms with Gasteiger partial charge in [-0.05, 0) is 29.7 Å². The summed E-state index contributed by atoms with van der Waals surface area (Å²) in [5, 5.41) is 2.36. The van der Waals surface area contributed by atoms with Crippen LogP contribution in [-0.2, 0) is 9.59 Å². The molecule has 102 valence electrons. The molecule has 2 unspecified atom stereocenters. The van der Waals surface area contributed by atoms with Crippen molar-refractivity contribution in [2.45, 2.75) is 26.2 Å². The lowest BCUT2D eigenvalue weighted by Gasteiger charge is -2.33. The summed E-state index contributed by atoms with van der Waals surface area (Å²) in [6.45, 7) is 3.86. The number of imide groups is 1. The highest BCUT2D eigenvalue weighted by atomic mass is 79.9. The molecular weight excluding hydrogens is 313 g/mol. The zero-order valence-electron chi connectivity index (χ0n) is 10.7. The van der Waals surface area contributed by atoms with Gasteiger partial charge in [-0.1, -0.05) is 29.8 Å². The third kappa shape index (κ3) is 2.86. The molecule has 1 fully saturated rings.